The van der Waals surface area contributed by atoms with Gasteiger partial charge in [0.25, 0.3) is 0 Å². The van der Waals surface area contributed by atoms with E-state index >= 15 is 0 Å². The normalized spacial score (nSPS) is 25.4. The third-order valence-electron chi connectivity index (χ3n) is 2.11. The zero-order valence-electron chi connectivity index (χ0n) is 7.09. The Labute approximate surface area is 67.4 Å². The van der Waals surface area contributed by atoms with E-state index in [1.165, 1.54) is 5.57 Å². The van der Waals surface area contributed by atoms with Crippen molar-refractivity contribution >= 4 is 0 Å². The summed E-state index contributed by atoms with van der Waals surface area (Å²) >= 11 is 0. The maximum Gasteiger partial charge on any atom is 0.0998 e. The molecule has 0 spiro atoms. The van der Waals surface area contributed by atoms with Crippen LogP contribution in [0.4, 0.5) is 0 Å². The van der Waals surface area contributed by atoms with Gasteiger partial charge in [-0.1, -0.05) is 11.6 Å². The summed E-state index contributed by atoms with van der Waals surface area (Å²) in [5, 5.41) is 9.51. The Morgan fingerprint density at radius 2 is 2.27 bits per heavy atom. The molecular formula is C9H15NO. The standard InChI is InChI=1S/C9H15NO/c1-6-3-7(2)9(11)8(4-6)5-10/h3,8,11H,4-5,10H2,1-2H3. The first-order valence-corrected chi connectivity index (χ1v) is 3.92. The predicted octanol–water partition coefficient (Wildman–Crippen LogP) is 1.74. The molecule has 0 aromatic carbocycles. The Kier molecular flexibility index (Phi) is 2.35. The summed E-state index contributed by atoms with van der Waals surface area (Å²) in [5.41, 5.74) is 7.76. The van der Waals surface area contributed by atoms with Crippen LogP contribution in [-0.4, -0.2) is 11.7 Å². The first kappa shape index (κ1) is 8.34. The molecule has 0 amide bonds. The number of nitrogens with two attached hydrogens (primary N) is 1. The minimum Gasteiger partial charge on any atom is -0.512 e. The monoisotopic (exact) mass is 153 g/mol. The fourth-order valence-corrected chi connectivity index (χ4v) is 1.50. The molecule has 0 radical (unpaired) electrons. The molecule has 0 saturated carbocycles. The van der Waals surface area contributed by atoms with Crippen LogP contribution in [0.5, 0.6) is 0 Å². The third kappa shape index (κ3) is 1.63. The van der Waals surface area contributed by atoms with Crippen molar-refractivity contribution in [2.45, 2.75) is 20.3 Å². The highest BCUT2D eigenvalue weighted by Crippen LogP contribution is 2.26. The summed E-state index contributed by atoms with van der Waals surface area (Å²) in [6.07, 6.45) is 2.92. The second-order valence-corrected chi connectivity index (χ2v) is 3.20. The fourth-order valence-electron chi connectivity index (χ4n) is 1.50. The number of aliphatic hydroxyl groups is 1. The number of allylic oxidation sites excluding steroid dienone is 3. The summed E-state index contributed by atoms with van der Waals surface area (Å²) < 4.78 is 0. The number of hydrogen-bond donors (Lipinski definition) is 2. The first-order chi connectivity index (χ1) is 5.15. The molecular weight excluding hydrogens is 138 g/mol. The van der Waals surface area contributed by atoms with Crippen molar-refractivity contribution in [2.24, 2.45) is 11.7 Å². The lowest BCUT2D eigenvalue weighted by molar-refractivity contribution is 0.321. The van der Waals surface area contributed by atoms with Gasteiger partial charge < -0.3 is 10.8 Å². The van der Waals surface area contributed by atoms with E-state index in [-0.39, 0.29) is 5.92 Å². The van der Waals surface area contributed by atoms with Gasteiger partial charge in [0.2, 0.25) is 0 Å². The summed E-state index contributed by atoms with van der Waals surface area (Å²) in [6, 6.07) is 0. The highest BCUT2D eigenvalue weighted by molar-refractivity contribution is 5.30. The van der Waals surface area contributed by atoms with E-state index in [0.29, 0.717) is 12.3 Å². The molecule has 0 aromatic rings. The molecule has 1 aliphatic carbocycles. The zero-order chi connectivity index (χ0) is 8.43. The van der Waals surface area contributed by atoms with Gasteiger partial charge in [-0.3, -0.25) is 0 Å². The number of aliphatic hydroxyl groups excluding tert-OH is 1. The molecule has 1 rings (SSSR count). The molecule has 0 aromatic heterocycles. The van der Waals surface area contributed by atoms with Crippen molar-refractivity contribution in [1.29, 1.82) is 0 Å². The minimum atomic E-state index is 0.153. The van der Waals surface area contributed by atoms with Gasteiger partial charge in [0.1, 0.15) is 0 Å². The summed E-state index contributed by atoms with van der Waals surface area (Å²) in [6.45, 7) is 4.52. The van der Waals surface area contributed by atoms with Crippen LogP contribution < -0.4 is 5.73 Å². The lowest BCUT2D eigenvalue weighted by Gasteiger charge is -2.20. The molecule has 0 aliphatic heterocycles. The molecule has 3 N–H and O–H groups in total. The van der Waals surface area contributed by atoms with Gasteiger partial charge in [-0.25, -0.2) is 0 Å². The lowest BCUT2D eigenvalue weighted by Crippen LogP contribution is -2.20. The van der Waals surface area contributed by atoms with Gasteiger partial charge in [0.05, 0.1) is 5.76 Å². The molecule has 62 valence electrons. The lowest BCUT2D eigenvalue weighted by atomic mass is 9.90. The van der Waals surface area contributed by atoms with Crippen LogP contribution in [0, 0.1) is 5.92 Å². The smallest absolute Gasteiger partial charge is 0.0998 e. The van der Waals surface area contributed by atoms with Crippen LogP contribution in [-0.2, 0) is 0 Å². The van der Waals surface area contributed by atoms with Gasteiger partial charge in [0, 0.05) is 12.5 Å². The van der Waals surface area contributed by atoms with Crippen LogP contribution >= 0.6 is 0 Å². The second kappa shape index (κ2) is 3.09. The zero-order valence-corrected chi connectivity index (χ0v) is 7.09. The quantitative estimate of drug-likeness (QED) is 0.602. The maximum absolute atomic E-state index is 9.51. The Hall–Kier alpha value is -0.760. The number of hydrogen-bond acceptors (Lipinski definition) is 2. The van der Waals surface area contributed by atoms with Gasteiger partial charge in [-0.05, 0) is 25.8 Å². The molecule has 1 atom stereocenters. The molecule has 2 heteroatoms. The van der Waals surface area contributed by atoms with Crippen molar-refractivity contribution in [2.75, 3.05) is 6.54 Å². The van der Waals surface area contributed by atoms with Crippen molar-refractivity contribution in [3.05, 3.63) is 23.0 Å². The van der Waals surface area contributed by atoms with Gasteiger partial charge >= 0.3 is 0 Å². The minimum absolute atomic E-state index is 0.153. The van der Waals surface area contributed by atoms with Crippen molar-refractivity contribution in [3.63, 3.8) is 0 Å². The van der Waals surface area contributed by atoms with Crippen LogP contribution in [0.15, 0.2) is 23.0 Å². The second-order valence-electron chi connectivity index (χ2n) is 3.20. The van der Waals surface area contributed by atoms with E-state index in [9.17, 15) is 5.11 Å². The molecule has 0 heterocycles. The molecule has 0 fully saturated rings. The van der Waals surface area contributed by atoms with E-state index < -0.39 is 0 Å². The molecule has 11 heavy (non-hydrogen) atoms. The van der Waals surface area contributed by atoms with Gasteiger partial charge in [-0.15, -0.1) is 0 Å². The van der Waals surface area contributed by atoms with Gasteiger partial charge in [0.15, 0.2) is 0 Å². The van der Waals surface area contributed by atoms with Gasteiger partial charge in [-0.2, -0.15) is 0 Å². The topological polar surface area (TPSA) is 46.2 Å². The summed E-state index contributed by atoms with van der Waals surface area (Å²) in [4.78, 5) is 0. The highest BCUT2D eigenvalue weighted by Gasteiger charge is 2.17. The Morgan fingerprint density at radius 3 is 2.82 bits per heavy atom. The van der Waals surface area contributed by atoms with E-state index in [0.717, 1.165) is 12.0 Å². The van der Waals surface area contributed by atoms with E-state index in [2.05, 4.69) is 6.92 Å². The summed E-state index contributed by atoms with van der Waals surface area (Å²) in [7, 11) is 0. The first-order valence-electron chi connectivity index (χ1n) is 3.92. The van der Waals surface area contributed by atoms with Crippen LogP contribution in [0.2, 0.25) is 0 Å². The molecule has 0 saturated heterocycles. The Balaban J connectivity index is 2.87. The van der Waals surface area contributed by atoms with Crippen LogP contribution in [0.25, 0.3) is 0 Å². The fraction of sp³-hybridized carbons (Fsp3) is 0.556. The maximum atomic E-state index is 9.51. The van der Waals surface area contributed by atoms with Crippen LogP contribution in [0.1, 0.15) is 20.3 Å². The SMILES string of the molecule is CC1=CC(C)=C(O)C(CN)C1. The number of rotatable bonds is 1. The Morgan fingerprint density at radius 1 is 1.64 bits per heavy atom. The molecule has 2 nitrogen and oxygen atoms in total. The largest absolute Gasteiger partial charge is 0.512 e. The average molecular weight is 153 g/mol. The average Bonchev–Trinajstić information content (AvgIpc) is 1.96. The van der Waals surface area contributed by atoms with E-state index in [4.69, 9.17) is 5.73 Å². The summed E-state index contributed by atoms with van der Waals surface area (Å²) in [5.74, 6) is 0.623. The van der Waals surface area contributed by atoms with Crippen molar-refractivity contribution < 1.29 is 5.11 Å². The third-order valence-corrected chi connectivity index (χ3v) is 2.11. The molecule has 1 aliphatic rings. The molecule has 1 unspecified atom stereocenters. The predicted molar refractivity (Wildman–Crippen MR) is 46.2 cm³/mol. The Bertz CT molecular complexity index is 216. The van der Waals surface area contributed by atoms with Crippen LogP contribution in [0.3, 0.4) is 0 Å². The van der Waals surface area contributed by atoms with Crippen molar-refractivity contribution in [1.82, 2.24) is 0 Å². The van der Waals surface area contributed by atoms with E-state index in [1.807, 2.05) is 13.0 Å². The molecule has 0 bridgehead atoms. The van der Waals surface area contributed by atoms with Crippen molar-refractivity contribution in [3.8, 4) is 0 Å². The van der Waals surface area contributed by atoms with E-state index in [1.54, 1.807) is 0 Å². The highest BCUT2D eigenvalue weighted by atomic mass is 16.3.